The average molecular weight is 172 g/mol. The van der Waals surface area contributed by atoms with E-state index in [2.05, 4.69) is 20.8 Å². The topological polar surface area (TPSA) is 29.5 Å². The van der Waals surface area contributed by atoms with Gasteiger partial charge in [0, 0.05) is 13.0 Å². The summed E-state index contributed by atoms with van der Waals surface area (Å²) in [5.74, 6) is 0.333. The first-order valence-corrected chi connectivity index (χ1v) is 4.43. The van der Waals surface area contributed by atoms with Crippen LogP contribution in [-0.4, -0.2) is 24.4 Å². The normalized spacial score (nSPS) is 19.4. The lowest BCUT2D eigenvalue weighted by atomic mass is 9.88. The van der Waals surface area contributed by atoms with Gasteiger partial charge in [0.2, 0.25) is 0 Å². The zero-order valence-corrected chi connectivity index (χ0v) is 8.50. The summed E-state index contributed by atoms with van der Waals surface area (Å²) >= 11 is 0. The fraction of sp³-hybridized carbons (Fsp3) is 0.800. The third kappa shape index (κ3) is 2.95. The summed E-state index contributed by atoms with van der Waals surface area (Å²) in [6.07, 6.45) is 4.73. The molecule has 0 amide bonds. The maximum atomic E-state index is 8.60. The van der Waals surface area contributed by atoms with E-state index in [0.717, 1.165) is 6.42 Å². The van der Waals surface area contributed by atoms with Crippen LogP contribution in [0.25, 0.3) is 0 Å². The minimum Gasteiger partial charge on any atom is -0.392 e. The zero-order chi connectivity index (χ0) is 9.61. The average Bonchev–Trinajstić information content (AvgIpc) is 2.12. The molecule has 0 fully saturated rings. The van der Waals surface area contributed by atoms with Crippen molar-refractivity contribution in [2.45, 2.75) is 32.8 Å². The Morgan fingerprint density at radius 1 is 1.58 bits per heavy atom. The van der Waals surface area contributed by atoms with Gasteiger partial charge in [-0.1, -0.05) is 26.0 Å². The van der Waals surface area contributed by atoms with Crippen molar-refractivity contribution < 1.29 is 9.84 Å². The number of rotatable bonds is 5. The monoisotopic (exact) mass is 172 g/mol. The summed E-state index contributed by atoms with van der Waals surface area (Å²) in [6.45, 7) is 6.39. The van der Waals surface area contributed by atoms with Gasteiger partial charge in [0.15, 0.2) is 0 Å². The minimum absolute atomic E-state index is 0.105. The van der Waals surface area contributed by atoms with Crippen LogP contribution < -0.4 is 0 Å². The number of hydrogen-bond donors (Lipinski definition) is 1. The highest BCUT2D eigenvalue weighted by Gasteiger charge is 2.26. The second kappa shape index (κ2) is 5.33. The fourth-order valence-corrected chi connectivity index (χ4v) is 1.12. The van der Waals surface area contributed by atoms with E-state index in [0.29, 0.717) is 5.92 Å². The van der Waals surface area contributed by atoms with Gasteiger partial charge in [0.05, 0.1) is 12.2 Å². The lowest BCUT2D eigenvalue weighted by Crippen LogP contribution is -2.33. The summed E-state index contributed by atoms with van der Waals surface area (Å²) in [5, 5.41) is 8.60. The molecule has 2 heteroatoms. The van der Waals surface area contributed by atoms with Crippen LogP contribution in [0.1, 0.15) is 27.2 Å². The Bertz CT molecular complexity index is 137. The van der Waals surface area contributed by atoms with Crippen LogP contribution >= 0.6 is 0 Å². The summed E-state index contributed by atoms with van der Waals surface area (Å²) in [4.78, 5) is 0. The van der Waals surface area contributed by atoms with Crippen molar-refractivity contribution in [3.8, 4) is 0 Å². The van der Waals surface area contributed by atoms with Crippen LogP contribution in [0.15, 0.2) is 12.2 Å². The number of methoxy groups -OCH3 is 1. The van der Waals surface area contributed by atoms with Crippen molar-refractivity contribution in [1.82, 2.24) is 0 Å². The van der Waals surface area contributed by atoms with E-state index >= 15 is 0 Å². The number of aliphatic hydroxyl groups excluding tert-OH is 1. The van der Waals surface area contributed by atoms with Crippen LogP contribution in [0, 0.1) is 5.92 Å². The van der Waals surface area contributed by atoms with E-state index in [4.69, 9.17) is 9.84 Å². The van der Waals surface area contributed by atoms with Gasteiger partial charge in [-0.15, -0.1) is 0 Å². The lowest BCUT2D eigenvalue weighted by Gasteiger charge is -2.31. The molecule has 0 radical (unpaired) electrons. The van der Waals surface area contributed by atoms with Crippen LogP contribution in [0.3, 0.4) is 0 Å². The van der Waals surface area contributed by atoms with Gasteiger partial charge in [-0.05, 0) is 13.3 Å². The summed E-state index contributed by atoms with van der Waals surface area (Å²) in [5.41, 5.74) is -0.105. The third-order valence-electron chi connectivity index (χ3n) is 2.66. The molecule has 2 unspecified atom stereocenters. The molecule has 12 heavy (non-hydrogen) atoms. The third-order valence-corrected chi connectivity index (χ3v) is 2.66. The van der Waals surface area contributed by atoms with E-state index in [-0.39, 0.29) is 12.2 Å². The van der Waals surface area contributed by atoms with Gasteiger partial charge in [0.1, 0.15) is 0 Å². The first kappa shape index (κ1) is 11.7. The van der Waals surface area contributed by atoms with Gasteiger partial charge in [-0.25, -0.2) is 0 Å². The van der Waals surface area contributed by atoms with Gasteiger partial charge in [-0.2, -0.15) is 0 Å². The molecule has 0 saturated carbocycles. The predicted octanol–water partition coefficient (Wildman–Crippen LogP) is 1.99. The molecule has 0 aliphatic carbocycles. The first-order chi connectivity index (χ1) is 5.60. The lowest BCUT2D eigenvalue weighted by molar-refractivity contribution is -0.0261. The summed E-state index contributed by atoms with van der Waals surface area (Å²) in [7, 11) is 1.73. The molecule has 0 spiro atoms. The van der Waals surface area contributed by atoms with Crippen LogP contribution in [-0.2, 0) is 4.74 Å². The molecule has 2 atom stereocenters. The SMILES string of the molecule is CCC(C)(OC)C(C)/C=C/CO. The van der Waals surface area contributed by atoms with Gasteiger partial charge >= 0.3 is 0 Å². The Kier molecular flexibility index (Phi) is 5.18. The second-order valence-electron chi connectivity index (χ2n) is 3.27. The molecule has 0 aliphatic heterocycles. The largest absolute Gasteiger partial charge is 0.392 e. The number of hydrogen-bond acceptors (Lipinski definition) is 2. The minimum atomic E-state index is -0.105. The smallest absolute Gasteiger partial charge is 0.0707 e. The van der Waals surface area contributed by atoms with Gasteiger partial charge < -0.3 is 9.84 Å². The Hall–Kier alpha value is -0.340. The van der Waals surface area contributed by atoms with Crippen molar-refractivity contribution in [1.29, 1.82) is 0 Å². The molecule has 0 aliphatic rings. The summed E-state index contributed by atoms with van der Waals surface area (Å²) < 4.78 is 5.41. The van der Waals surface area contributed by atoms with Crippen molar-refractivity contribution >= 4 is 0 Å². The molecule has 0 heterocycles. The van der Waals surface area contributed by atoms with Crippen molar-refractivity contribution in [3.05, 3.63) is 12.2 Å². The number of ether oxygens (including phenoxy) is 1. The summed E-state index contributed by atoms with van der Waals surface area (Å²) in [6, 6.07) is 0. The van der Waals surface area contributed by atoms with E-state index in [9.17, 15) is 0 Å². The molecule has 0 aromatic carbocycles. The fourth-order valence-electron chi connectivity index (χ4n) is 1.12. The Labute approximate surface area is 75.2 Å². The highest BCUT2D eigenvalue weighted by Crippen LogP contribution is 2.25. The van der Waals surface area contributed by atoms with Crippen molar-refractivity contribution in [3.63, 3.8) is 0 Å². The molecule has 2 nitrogen and oxygen atoms in total. The molecule has 0 aromatic heterocycles. The van der Waals surface area contributed by atoms with E-state index in [1.807, 2.05) is 6.08 Å². The van der Waals surface area contributed by atoms with Crippen molar-refractivity contribution in [2.75, 3.05) is 13.7 Å². The zero-order valence-electron chi connectivity index (χ0n) is 8.50. The predicted molar refractivity (Wildman–Crippen MR) is 51.1 cm³/mol. The standard InChI is InChI=1S/C10H20O2/c1-5-10(3,12-4)9(2)7-6-8-11/h6-7,9,11H,5,8H2,1-4H3/b7-6+. The maximum Gasteiger partial charge on any atom is 0.0707 e. The highest BCUT2D eigenvalue weighted by molar-refractivity contribution is 4.95. The van der Waals surface area contributed by atoms with Gasteiger partial charge in [0.25, 0.3) is 0 Å². The van der Waals surface area contributed by atoms with Crippen LogP contribution in [0.4, 0.5) is 0 Å². The molecular formula is C10H20O2. The molecule has 0 rings (SSSR count). The maximum absolute atomic E-state index is 8.60. The molecule has 0 aromatic rings. The van der Waals surface area contributed by atoms with Crippen molar-refractivity contribution in [2.24, 2.45) is 5.92 Å². The van der Waals surface area contributed by atoms with Crippen LogP contribution in [0.5, 0.6) is 0 Å². The Balaban J connectivity index is 4.20. The van der Waals surface area contributed by atoms with Gasteiger partial charge in [-0.3, -0.25) is 0 Å². The van der Waals surface area contributed by atoms with E-state index in [1.54, 1.807) is 13.2 Å². The quantitative estimate of drug-likeness (QED) is 0.643. The highest BCUT2D eigenvalue weighted by atomic mass is 16.5. The van der Waals surface area contributed by atoms with E-state index < -0.39 is 0 Å². The molecule has 72 valence electrons. The number of aliphatic hydroxyl groups is 1. The Morgan fingerprint density at radius 3 is 2.50 bits per heavy atom. The van der Waals surface area contributed by atoms with Crippen LogP contribution in [0.2, 0.25) is 0 Å². The second-order valence-corrected chi connectivity index (χ2v) is 3.27. The molecular weight excluding hydrogens is 152 g/mol. The van der Waals surface area contributed by atoms with E-state index in [1.165, 1.54) is 0 Å². The first-order valence-electron chi connectivity index (χ1n) is 4.43. The Morgan fingerprint density at radius 2 is 2.17 bits per heavy atom. The molecule has 0 saturated heterocycles. The molecule has 0 bridgehead atoms. The molecule has 1 N–H and O–H groups in total.